The summed E-state index contributed by atoms with van der Waals surface area (Å²) in [5.74, 6) is -0.250. The predicted octanol–water partition coefficient (Wildman–Crippen LogP) is 6.12. The molecule has 0 aliphatic carbocycles. The molecule has 162 valence electrons. The molecule has 2 heterocycles. The summed E-state index contributed by atoms with van der Waals surface area (Å²) >= 11 is 12.4. The number of carbonyl (C=O) groups excluding carboxylic acids is 1. The molecule has 1 aromatic heterocycles. The summed E-state index contributed by atoms with van der Waals surface area (Å²) in [6, 6.07) is 26.2. The highest BCUT2D eigenvalue weighted by Gasteiger charge is 2.42. The molecule has 2 N–H and O–H groups in total. The monoisotopic (exact) mass is 473 g/mol. The van der Waals surface area contributed by atoms with Crippen LogP contribution >= 0.6 is 23.2 Å². The molecular formula is C26H17Cl2N3O2. The highest BCUT2D eigenvalue weighted by atomic mass is 35.5. The third-order valence-corrected chi connectivity index (χ3v) is 6.22. The fourth-order valence-electron chi connectivity index (χ4n) is 4.19. The van der Waals surface area contributed by atoms with Gasteiger partial charge in [-0.15, -0.1) is 0 Å². The van der Waals surface area contributed by atoms with Gasteiger partial charge in [-0.1, -0.05) is 53.5 Å². The van der Waals surface area contributed by atoms with Gasteiger partial charge in [0.15, 0.2) is 0 Å². The van der Waals surface area contributed by atoms with E-state index >= 15 is 0 Å². The molecule has 3 aromatic carbocycles. The Labute approximate surface area is 200 Å². The number of hydrogen-bond donors (Lipinski definition) is 2. The van der Waals surface area contributed by atoms with Gasteiger partial charge in [-0.2, -0.15) is 5.26 Å². The van der Waals surface area contributed by atoms with Crippen LogP contribution in [0.4, 0.5) is 5.69 Å². The maximum absolute atomic E-state index is 12.6. The van der Waals surface area contributed by atoms with Crippen molar-refractivity contribution in [2.24, 2.45) is 0 Å². The number of rotatable bonds is 3. The Bertz CT molecular complexity index is 1340. The summed E-state index contributed by atoms with van der Waals surface area (Å²) in [4.78, 5) is 15.7. The highest BCUT2D eigenvalue weighted by Crippen LogP contribution is 2.46. The van der Waals surface area contributed by atoms with E-state index in [1.807, 2.05) is 48.5 Å². The van der Waals surface area contributed by atoms with Gasteiger partial charge >= 0.3 is 0 Å². The molecule has 0 unspecified atom stereocenters. The first-order chi connectivity index (χ1) is 16.0. The SMILES string of the molecule is N#Cc1ccc(-c2ccc3c(c2)C(c2ccc(Cl)cc2)(c2ccc(Cl)cc2)OCC(=O)N3)[nH]1. The van der Waals surface area contributed by atoms with E-state index in [0.29, 0.717) is 21.4 Å². The lowest BCUT2D eigenvalue weighted by molar-refractivity contribution is -0.123. The maximum atomic E-state index is 12.6. The molecule has 33 heavy (non-hydrogen) atoms. The minimum atomic E-state index is -1.11. The molecule has 0 atom stereocenters. The summed E-state index contributed by atoms with van der Waals surface area (Å²) in [7, 11) is 0. The lowest BCUT2D eigenvalue weighted by Gasteiger charge is -2.35. The van der Waals surface area contributed by atoms with Gasteiger partial charge in [0.2, 0.25) is 5.91 Å². The van der Waals surface area contributed by atoms with Gasteiger partial charge in [0, 0.05) is 27.0 Å². The Morgan fingerprint density at radius 2 is 1.52 bits per heavy atom. The molecule has 0 saturated carbocycles. The number of aromatic amines is 1. The second-order valence-corrected chi connectivity index (χ2v) is 8.56. The van der Waals surface area contributed by atoms with Gasteiger partial charge in [0.25, 0.3) is 0 Å². The van der Waals surface area contributed by atoms with E-state index in [1.54, 1.807) is 30.3 Å². The second-order valence-electron chi connectivity index (χ2n) is 7.69. The van der Waals surface area contributed by atoms with Crippen molar-refractivity contribution in [1.29, 1.82) is 5.26 Å². The average Bonchev–Trinajstić information content (AvgIpc) is 3.26. The third kappa shape index (κ3) is 3.79. The molecule has 0 fully saturated rings. The number of halogens is 2. The van der Waals surface area contributed by atoms with Gasteiger partial charge in [0.1, 0.15) is 24.0 Å². The van der Waals surface area contributed by atoms with Gasteiger partial charge in [-0.25, -0.2) is 0 Å². The number of nitrogens with one attached hydrogen (secondary N) is 2. The van der Waals surface area contributed by atoms with Crippen molar-refractivity contribution in [1.82, 2.24) is 4.98 Å². The zero-order valence-corrected chi connectivity index (χ0v) is 18.7. The van der Waals surface area contributed by atoms with Crippen LogP contribution in [0.1, 0.15) is 22.4 Å². The normalized spacial score (nSPS) is 14.6. The lowest BCUT2D eigenvalue weighted by atomic mass is 9.78. The Morgan fingerprint density at radius 3 is 2.09 bits per heavy atom. The van der Waals surface area contributed by atoms with Crippen LogP contribution in [0, 0.1) is 11.3 Å². The first-order valence-electron chi connectivity index (χ1n) is 10.2. The molecule has 4 aromatic rings. The van der Waals surface area contributed by atoms with Crippen LogP contribution < -0.4 is 5.32 Å². The number of hydrogen-bond acceptors (Lipinski definition) is 3. The topological polar surface area (TPSA) is 77.9 Å². The van der Waals surface area contributed by atoms with E-state index in [-0.39, 0.29) is 12.5 Å². The molecule has 0 saturated heterocycles. The number of nitrogens with zero attached hydrogens (tertiary/aromatic N) is 1. The molecule has 0 spiro atoms. The minimum absolute atomic E-state index is 0.143. The van der Waals surface area contributed by atoms with Crippen molar-refractivity contribution >= 4 is 34.8 Å². The fraction of sp³-hybridized carbons (Fsp3) is 0.0769. The Kier molecular flexibility index (Phi) is 5.43. The van der Waals surface area contributed by atoms with Gasteiger partial charge in [0.05, 0.1) is 0 Å². The first kappa shape index (κ1) is 21.3. The predicted molar refractivity (Wildman–Crippen MR) is 128 cm³/mol. The van der Waals surface area contributed by atoms with Crippen molar-refractivity contribution < 1.29 is 9.53 Å². The van der Waals surface area contributed by atoms with Crippen LogP contribution in [0.25, 0.3) is 11.3 Å². The van der Waals surface area contributed by atoms with E-state index in [1.165, 1.54) is 0 Å². The largest absolute Gasteiger partial charge is 0.351 e. The summed E-state index contributed by atoms with van der Waals surface area (Å²) in [6.07, 6.45) is 0. The zero-order valence-electron chi connectivity index (χ0n) is 17.2. The number of H-pyrrole nitrogens is 1. The standard InChI is InChI=1S/C26H17Cl2N3O2/c27-19-6-2-17(3-7-19)26(18-4-8-20(28)9-5-18)22-13-16(23-12-10-21(14-29)30-23)1-11-24(22)31-25(32)15-33-26/h1-13,30H,15H2,(H,31,32). The summed E-state index contributed by atoms with van der Waals surface area (Å²) < 4.78 is 6.44. The maximum Gasteiger partial charge on any atom is 0.250 e. The lowest BCUT2D eigenvalue weighted by Crippen LogP contribution is -2.33. The molecule has 1 amide bonds. The molecular weight excluding hydrogens is 457 g/mol. The molecule has 1 aliphatic rings. The van der Waals surface area contributed by atoms with E-state index in [4.69, 9.17) is 27.9 Å². The Hall–Kier alpha value is -3.56. The summed E-state index contributed by atoms with van der Waals surface area (Å²) in [5, 5.41) is 13.4. The molecule has 5 rings (SSSR count). The minimum Gasteiger partial charge on any atom is -0.351 e. The van der Waals surface area contributed by atoms with E-state index in [0.717, 1.165) is 27.9 Å². The van der Waals surface area contributed by atoms with Crippen LogP contribution in [0.15, 0.2) is 78.9 Å². The van der Waals surface area contributed by atoms with Crippen molar-refractivity contribution in [3.63, 3.8) is 0 Å². The average molecular weight is 474 g/mol. The second kappa shape index (κ2) is 8.42. The van der Waals surface area contributed by atoms with E-state index in [2.05, 4.69) is 16.4 Å². The van der Waals surface area contributed by atoms with Crippen LogP contribution in [0.2, 0.25) is 10.0 Å². The molecule has 7 heteroatoms. The quantitative estimate of drug-likeness (QED) is 0.376. The number of aromatic nitrogens is 1. The number of benzene rings is 3. The number of amides is 1. The summed E-state index contributed by atoms with van der Waals surface area (Å²) in [6.45, 7) is -0.143. The number of carbonyl (C=O) groups is 1. The van der Waals surface area contributed by atoms with Crippen molar-refractivity contribution in [3.8, 4) is 17.3 Å². The first-order valence-corrected chi connectivity index (χ1v) is 10.9. The highest BCUT2D eigenvalue weighted by molar-refractivity contribution is 6.30. The van der Waals surface area contributed by atoms with Crippen LogP contribution in [0.5, 0.6) is 0 Å². The number of nitriles is 1. The van der Waals surface area contributed by atoms with Crippen LogP contribution in [-0.2, 0) is 15.1 Å². The molecule has 0 radical (unpaired) electrons. The van der Waals surface area contributed by atoms with Gasteiger partial charge < -0.3 is 15.0 Å². The Balaban J connectivity index is 1.81. The van der Waals surface area contributed by atoms with Crippen molar-refractivity contribution in [2.45, 2.75) is 5.60 Å². The number of fused-ring (bicyclic) bond motifs is 1. The van der Waals surface area contributed by atoms with Crippen LogP contribution in [-0.4, -0.2) is 17.5 Å². The number of ether oxygens (including phenoxy) is 1. The van der Waals surface area contributed by atoms with Crippen molar-refractivity contribution in [2.75, 3.05) is 11.9 Å². The van der Waals surface area contributed by atoms with Gasteiger partial charge in [-0.05, 0) is 65.2 Å². The van der Waals surface area contributed by atoms with Gasteiger partial charge in [-0.3, -0.25) is 4.79 Å². The zero-order chi connectivity index (χ0) is 23.0. The Morgan fingerprint density at radius 1 is 0.879 bits per heavy atom. The van der Waals surface area contributed by atoms with Crippen molar-refractivity contribution in [3.05, 3.63) is 111 Å². The summed E-state index contributed by atoms with van der Waals surface area (Å²) in [5.41, 5.74) is 4.01. The number of anilines is 1. The van der Waals surface area contributed by atoms with E-state index in [9.17, 15) is 10.1 Å². The third-order valence-electron chi connectivity index (χ3n) is 5.71. The molecule has 1 aliphatic heterocycles. The fourth-order valence-corrected chi connectivity index (χ4v) is 4.44. The van der Waals surface area contributed by atoms with Crippen LogP contribution in [0.3, 0.4) is 0 Å². The molecule has 0 bridgehead atoms. The van der Waals surface area contributed by atoms with E-state index < -0.39 is 5.60 Å². The smallest absolute Gasteiger partial charge is 0.250 e. The molecule has 5 nitrogen and oxygen atoms in total.